The van der Waals surface area contributed by atoms with Gasteiger partial charge in [-0.15, -0.1) is 0 Å². The van der Waals surface area contributed by atoms with Gasteiger partial charge in [0.1, 0.15) is 5.69 Å². The molecule has 0 fully saturated rings. The Balaban J connectivity index is 3.39. The van der Waals surface area contributed by atoms with Crippen LogP contribution in [0.2, 0.25) is 5.15 Å². The highest BCUT2D eigenvalue weighted by Crippen LogP contribution is 2.26. The Morgan fingerprint density at radius 2 is 2.29 bits per heavy atom. The summed E-state index contributed by atoms with van der Waals surface area (Å²) in [6, 6.07) is 0. The van der Waals surface area contributed by atoms with Crippen molar-refractivity contribution in [2.75, 3.05) is 0 Å². The van der Waals surface area contributed by atoms with E-state index in [-0.39, 0.29) is 22.5 Å². The number of nitrogens with zero attached hydrogens (tertiary/aromatic N) is 6. The van der Waals surface area contributed by atoms with Gasteiger partial charge in [0.2, 0.25) is 11.1 Å². The predicted molar refractivity (Wildman–Crippen MR) is 47.2 cm³/mol. The maximum Gasteiger partial charge on any atom is 0.327 e. The zero-order chi connectivity index (χ0) is 10.7. The van der Waals surface area contributed by atoms with Gasteiger partial charge in [-0.2, -0.15) is 0 Å². The molecule has 1 aromatic rings. The summed E-state index contributed by atoms with van der Waals surface area (Å²) in [4.78, 5) is 19.2. The second-order valence-corrected chi connectivity index (χ2v) is 2.55. The van der Waals surface area contributed by atoms with Gasteiger partial charge in [-0.1, -0.05) is 11.6 Å². The minimum Gasteiger partial charge on any atom is -0.258 e. The van der Waals surface area contributed by atoms with E-state index in [1.54, 1.807) is 0 Å². The van der Waals surface area contributed by atoms with Crippen LogP contribution in [0.4, 0.5) is 11.6 Å². The molecular weight excluding hydrogens is 212 g/mol. The van der Waals surface area contributed by atoms with Crippen molar-refractivity contribution < 1.29 is 4.92 Å². The van der Waals surface area contributed by atoms with Crippen molar-refractivity contribution in [2.24, 2.45) is 5.11 Å². The van der Waals surface area contributed by atoms with E-state index in [1.807, 2.05) is 0 Å². The van der Waals surface area contributed by atoms with E-state index in [9.17, 15) is 10.1 Å². The van der Waals surface area contributed by atoms with E-state index in [4.69, 9.17) is 17.1 Å². The molecule has 1 aromatic heterocycles. The Bertz CT molecular complexity index is 417. The van der Waals surface area contributed by atoms with Gasteiger partial charge in [0.15, 0.2) is 0 Å². The van der Waals surface area contributed by atoms with Crippen LogP contribution in [0.1, 0.15) is 5.69 Å². The second-order valence-electron chi connectivity index (χ2n) is 2.19. The van der Waals surface area contributed by atoms with E-state index >= 15 is 0 Å². The zero-order valence-electron chi connectivity index (χ0n) is 6.88. The van der Waals surface area contributed by atoms with Crippen LogP contribution in [0.3, 0.4) is 0 Å². The number of nitro groups is 1. The molecule has 1 heterocycles. The van der Waals surface area contributed by atoms with Crippen LogP contribution >= 0.6 is 11.6 Å². The van der Waals surface area contributed by atoms with Crippen LogP contribution in [0.15, 0.2) is 5.11 Å². The highest BCUT2D eigenvalue weighted by Gasteiger charge is 2.19. The lowest BCUT2D eigenvalue weighted by Crippen LogP contribution is -1.97. The molecule has 0 aliphatic heterocycles. The number of hydrogen-bond acceptors (Lipinski definition) is 5. The van der Waals surface area contributed by atoms with E-state index < -0.39 is 4.92 Å². The number of hydrogen-bond donors (Lipinski definition) is 0. The minimum atomic E-state index is -0.697. The molecule has 14 heavy (non-hydrogen) atoms. The lowest BCUT2D eigenvalue weighted by molar-refractivity contribution is -0.385. The van der Waals surface area contributed by atoms with Crippen LogP contribution in [0, 0.1) is 17.0 Å². The smallest absolute Gasteiger partial charge is 0.258 e. The Labute approximate surface area is 82.3 Å². The van der Waals surface area contributed by atoms with E-state index in [0.717, 1.165) is 0 Å². The van der Waals surface area contributed by atoms with E-state index in [1.165, 1.54) is 6.92 Å². The summed E-state index contributed by atoms with van der Waals surface area (Å²) in [5.41, 5.74) is 7.75. The zero-order valence-corrected chi connectivity index (χ0v) is 7.63. The largest absolute Gasteiger partial charge is 0.327 e. The topological polar surface area (TPSA) is 118 Å². The third-order valence-electron chi connectivity index (χ3n) is 1.32. The number of azide groups is 1. The van der Waals surface area contributed by atoms with Crippen LogP contribution in [0.25, 0.3) is 10.4 Å². The fourth-order valence-electron chi connectivity index (χ4n) is 0.810. The molecule has 0 aliphatic rings. The van der Waals surface area contributed by atoms with Crippen molar-refractivity contribution >= 4 is 23.2 Å². The van der Waals surface area contributed by atoms with Crippen molar-refractivity contribution in [1.29, 1.82) is 0 Å². The van der Waals surface area contributed by atoms with Crippen molar-refractivity contribution in [1.82, 2.24) is 9.97 Å². The third-order valence-corrected chi connectivity index (χ3v) is 1.58. The quantitative estimate of drug-likeness (QED) is 0.187. The molecule has 0 atom stereocenters. The molecule has 0 aliphatic carbocycles. The highest BCUT2D eigenvalue weighted by atomic mass is 35.5. The van der Waals surface area contributed by atoms with Gasteiger partial charge in [-0.3, -0.25) is 10.1 Å². The highest BCUT2D eigenvalue weighted by molar-refractivity contribution is 6.31. The number of aromatic nitrogens is 2. The number of halogens is 1. The maximum absolute atomic E-state index is 10.4. The Morgan fingerprint density at radius 3 is 2.71 bits per heavy atom. The summed E-state index contributed by atoms with van der Waals surface area (Å²) in [6.45, 7) is 1.38. The van der Waals surface area contributed by atoms with Crippen molar-refractivity contribution in [2.45, 2.75) is 6.92 Å². The molecule has 0 aromatic carbocycles. The van der Waals surface area contributed by atoms with Crippen LogP contribution in [-0.2, 0) is 0 Å². The van der Waals surface area contributed by atoms with Gasteiger partial charge >= 0.3 is 5.69 Å². The Morgan fingerprint density at radius 1 is 1.64 bits per heavy atom. The molecule has 0 saturated heterocycles. The minimum absolute atomic E-state index is 0.0531. The lowest BCUT2D eigenvalue weighted by Gasteiger charge is -1.98. The first-order valence-corrected chi connectivity index (χ1v) is 3.67. The summed E-state index contributed by atoms with van der Waals surface area (Å²) in [7, 11) is 0. The predicted octanol–water partition coefficient (Wildman–Crippen LogP) is 2.29. The molecule has 0 amide bonds. The normalized spacial score (nSPS) is 9.29. The first-order chi connectivity index (χ1) is 6.56. The van der Waals surface area contributed by atoms with Crippen molar-refractivity contribution in [3.8, 4) is 0 Å². The average molecular weight is 215 g/mol. The van der Waals surface area contributed by atoms with Crippen LogP contribution < -0.4 is 0 Å². The molecule has 9 heteroatoms. The molecule has 0 unspecified atom stereocenters. The maximum atomic E-state index is 10.4. The summed E-state index contributed by atoms with van der Waals surface area (Å²) in [5, 5.41) is 13.2. The SMILES string of the molecule is Cc1nc(N=[N+]=[N-])nc(Cl)c1[N+](=O)[O-]. The average Bonchev–Trinajstić information content (AvgIpc) is 2.01. The monoisotopic (exact) mass is 214 g/mol. The van der Waals surface area contributed by atoms with Crippen molar-refractivity contribution in [3.05, 3.63) is 31.4 Å². The van der Waals surface area contributed by atoms with Crippen LogP contribution in [0.5, 0.6) is 0 Å². The fraction of sp³-hybridized carbons (Fsp3) is 0.200. The number of aryl methyl sites for hydroxylation is 1. The summed E-state index contributed by atoms with van der Waals surface area (Å²) in [5.74, 6) is -0.236. The number of rotatable bonds is 2. The van der Waals surface area contributed by atoms with Gasteiger partial charge in [0.05, 0.1) is 4.92 Å². The second kappa shape index (κ2) is 3.86. The van der Waals surface area contributed by atoms with Gasteiger partial charge < -0.3 is 0 Å². The summed E-state index contributed by atoms with van der Waals surface area (Å²) < 4.78 is 0. The standard InChI is InChI=1S/C5H3ClN6O2/c1-2-3(12(13)14)4(6)9-5(8-2)10-11-7/h1H3. The molecule has 1 rings (SSSR count). The molecule has 0 N–H and O–H groups in total. The van der Waals surface area contributed by atoms with Gasteiger partial charge in [-0.05, 0) is 17.6 Å². The Hall–Kier alpha value is -1.92. The molecular formula is C5H3ClN6O2. The van der Waals surface area contributed by atoms with Gasteiger partial charge in [-0.25, -0.2) is 9.97 Å². The van der Waals surface area contributed by atoms with Crippen molar-refractivity contribution in [3.63, 3.8) is 0 Å². The fourth-order valence-corrected chi connectivity index (χ4v) is 1.09. The summed E-state index contributed by atoms with van der Waals surface area (Å²) in [6.07, 6.45) is 0. The lowest BCUT2D eigenvalue weighted by atomic mass is 10.4. The first-order valence-electron chi connectivity index (χ1n) is 3.30. The molecule has 72 valence electrons. The summed E-state index contributed by atoms with van der Waals surface area (Å²) >= 11 is 5.49. The van der Waals surface area contributed by atoms with E-state index in [2.05, 4.69) is 20.0 Å². The third kappa shape index (κ3) is 1.87. The molecule has 0 radical (unpaired) electrons. The molecule has 0 saturated carbocycles. The van der Waals surface area contributed by atoms with Gasteiger partial charge in [0.25, 0.3) is 0 Å². The molecule has 0 bridgehead atoms. The molecule has 0 spiro atoms. The van der Waals surface area contributed by atoms with E-state index in [0.29, 0.717) is 0 Å². The first kappa shape index (κ1) is 10.2. The molecule has 8 nitrogen and oxygen atoms in total. The van der Waals surface area contributed by atoms with Gasteiger partial charge in [0, 0.05) is 4.91 Å². The Kier molecular flexibility index (Phi) is 2.80. The van der Waals surface area contributed by atoms with Crippen LogP contribution in [-0.4, -0.2) is 14.9 Å².